The number of carbonyl (C=O) groups is 8. The number of ketones is 2. The molecule has 0 radical (unpaired) electrons. The molecule has 12 unspecified atom stereocenters. The minimum atomic E-state index is -1.96. The maximum Gasteiger partial charge on any atom is 0.332 e. The molecule has 30 atom stereocenters. The minimum Gasteiger partial charge on any atom is -0.479 e. The molecule has 147 heavy (non-hydrogen) atoms. The Hall–Kier alpha value is -9.28. The predicted molar refractivity (Wildman–Crippen MR) is 498 cm³/mol. The van der Waals surface area contributed by atoms with Crippen molar-refractivity contribution in [1.29, 1.82) is 0 Å². The number of carboxylic acids is 2. The van der Waals surface area contributed by atoms with Gasteiger partial charge in [0.2, 0.25) is 11.8 Å². The zero-order valence-corrected chi connectivity index (χ0v) is 81.9. The Labute approximate surface area is 841 Å². The molecule has 0 bridgehead atoms. The lowest BCUT2D eigenvalue weighted by atomic mass is 9.78. The second kappa shape index (κ2) is 57.3. The van der Waals surface area contributed by atoms with Crippen LogP contribution in [0.15, 0.2) is 43.7 Å². The third kappa shape index (κ3) is 33.4. The number of H-pyrrole nitrogens is 4. The first-order valence-electron chi connectivity index (χ1n) is 50.2. The monoisotopic (exact) mass is 2090 g/mol. The summed E-state index contributed by atoms with van der Waals surface area (Å²) in [6.45, 7) is 2.20. The zero-order chi connectivity index (χ0) is 106. The number of rotatable bonds is 56. The molecule has 4 amide bonds. The fourth-order valence-corrected chi connectivity index (χ4v) is 19.8. The van der Waals surface area contributed by atoms with E-state index in [9.17, 15) is 119 Å². The van der Waals surface area contributed by atoms with Gasteiger partial charge < -0.3 is 175 Å². The maximum absolute atomic E-state index is 14.5. The van der Waals surface area contributed by atoms with Crippen molar-refractivity contribution in [1.82, 2.24) is 71.2 Å². The van der Waals surface area contributed by atoms with E-state index in [-0.39, 0.29) is 193 Å². The number of aliphatic hydroxyl groups excluding tert-OH is 10. The van der Waals surface area contributed by atoms with Gasteiger partial charge in [-0.05, 0) is 90.1 Å². The Balaban J connectivity index is 0.608. The van der Waals surface area contributed by atoms with E-state index in [1.165, 1.54) is 35.6 Å². The maximum atomic E-state index is 14.5. The summed E-state index contributed by atoms with van der Waals surface area (Å²) in [5.41, 5.74) is 7.38. The topological polar surface area (TPSA) is 811 Å². The highest BCUT2D eigenvalue weighted by atomic mass is 16.8. The molecule has 8 heterocycles. The molecule has 824 valence electrons. The number of nitrogens with one attached hydrogen (secondary N) is 8. The van der Waals surface area contributed by atoms with Crippen molar-refractivity contribution in [2.45, 2.75) is 353 Å². The van der Waals surface area contributed by atoms with E-state index < -0.39 is 266 Å². The van der Waals surface area contributed by atoms with Crippen LogP contribution in [0, 0.1) is 23.7 Å². The van der Waals surface area contributed by atoms with Crippen LogP contribution in [0.25, 0.3) is 0 Å². The van der Waals surface area contributed by atoms with Crippen molar-refractivity contribution in [3.8, 4) is 0 Å². The van der Waals surface area contributed by atoms with Gasteiger partial charge in [-0.25, -0.2) is 19.2 Å². The largest absolute Gasteiger partial charge is 0.479 e. The van der Waals surface area contributed by atoms with Crippen LogP contribution in [-0.4, -0.2) is 409 Å². The van der Waals surface area contributed by atoms with Crippen LogP contribution in [0.1, 0.15) is 187 Å². The third-order valence-corrected chi connectivity index (χ3v) is 27.7. The normalized spacial score (nSPS) is 31.4. The number of ether oxygens (including phenoxy) is 15. The average Bonchev–Trinajstić information content (AvgIpc) is 0.925. The zero-order valence-electron chi connectivity index (χ0n) is 81.9. The van der Waals surface area contributed by atoms with E-state index in [1.807, 2.05) is 9.97 Å². The number of hydrogen-bond acceptors (Lipinski definition) is 43. The summed E-state index contributed by atoms with van der Waals surface area (Å²) in [6, 6.07) is -4.47. The number of aromatic nitrogens is 10. The number of amides is 4. The Morgan fingerprint density at radius 1 is 0.442 bits per heavy atom. The number of hydrogen-bond donors (Lipinski definition) is 22. The number of aliphatic hydroxyl groups is 10. The Bertz CT molecular complexity index is 4720. The SMILES string of the molecule is CC1O[C@@H](O[C@@H]2C(NC(=O)c3cc(=O)[nH]c(=O)[nH]3)CC(C(=O)CCCN)C[C@H]2O[C@@H]2O[C@@H](CO)[C@H](O)C(O[C@@H](CC3CCCCC3)C(=O)O)C2NC(=O)CCn2cc(COCCOCCOCCOCCOCc3cn(CCC(=O)NC4C(O[C@@H](CC5CCCCC5)C(=O)O)[C@@H](O)[C@H](CO)O[C@H]4O[C@@H]4CC(C(=O)CCCN)CC(NC(=O)c5cc(=O)[nH]c(=O)[nH]5)[C@H]4O[C@@H]4OC(C)[C@@H](O)[C@H](O)C4O)nn3)nn2)C(O)[C@@H](O)[C@@H]1O. The van der Waals surface area contributed by atoms with Crippen LogP contribution >= 0.6 is 0 Å². The van der Waals surface area contributed by atoms with Gasteiger partial charge in [0, 0.05) is 49.7 Å². The molecule has 24 N–H and O–H groups in total. The van der Waals surface area contributed by atoms with Crippen molar-refractivity contribution in [3.05, 3.63) is 89.0 Å². The van der Waals surface area contributed by atoms with Gasteiger partial charge in [-0.2, -0.15) is 0 Å². The van der Waals surface area contributed by atoms with Crippen LogP contribution < -0.4 is 55.2 Å². The molecule has 12 rings (SSSR count). The van der Waals surface area contributed by atoms with E-state index in [1.54, 1.807) is 0 Å². The molecule has 8 aliphatic rings. The first-order valence-corrected chi connectivity index (χ1v) is 50.2. The summed E-state index contributed by atoms with van der Waals surface area (Å²) in [7, 11) is 0. The highest BCUT2D eigenvalue weighted by Crippen LogP contribution is 2.42. The number of nitrogens with two attached hydrogens (primary N) is 2. The van der Waals surface area contributed by atoms with E-state index >= 15 is 0 Å². The number of carbonyl (C=O) groups excluding carboxylic acids is 6. The van der Waals surface area contributed by atoms with Crippen molar-refractivity contribution in [3.63, 3.8) is 0 Å². The highest BCUT2D eigenvalue weighted by Gasteiger charge is 2.57. The summed E-state index contributed by atoms with van der Waals surface area (Å²) in [5.74, 6) is -9.34. The first kappa shape index (κ1) is 116. The Kier molecular flexibility index (Phi) is 45.3. The van der Waals surface area contributed by atoms with E-state index in [4.69, 9.17) is 82.5 Å². The summed E-state index contributed by atoms with van der Waals surface area (Å²) < 4.78 is 94.7. The van der Waals surface area contributed by atoms with Crippen LogP contribution in [0.4, 0.5) is 0 Å². The van der Waals surface area contributed by atoms with Crippen molar-refractivity contribution in [2.75, 3.05) is 79.2 Å². The average molecular weight is 2100 g/mol. The molecule has 4 aliphatic heterocycles. The van der Waals surface area contributed by atoms with Gasteiger partial charge in [0.05, 0.1) is 141 Å². The first-order chi connectivity index (χ1) is 70.6. The molecule has 0 aromatic carbocycles. The van der Waals surface area contributed by atoms with Gasteiger partial charge in [-0.3, -0.25) is 57.7 Å². The molecular weight excluding hydrogens is 1950 g/mol. The molecule has 55 nitrogen and oxygen atoms in total. The Morgan fingerprint density at radius 2 is 0.810 bits per heavy atom. The molecule has 4 aromatic rings. The van der Waals surface area contributed by atoms with E-state index in [0.717, 1.165) is 50.7 Å². The fraction of sp³-hybridized carbons (Fsp3) is 0.783. The van der Waals surface area contributed by atoms with E-state index in [2.05, 4.69) is 51.9 Å². The lowest BCUT2D eigenvalue weighted by molar-refractivity contribution is -0.335. The quantitative estimate of drug-likeness (QED) is 0.0183. The van der Waals surface area contributed by atoms with Crippen LogP contribution in [0.5, 0.6) is 0 Å². The third-order valence-electron chi connectivity index (χ3n) is 27.7. The van der Waals surface area contributed by atoms with Gasteiger partial charge in [0.15, 0.2) is 37.4 Å². The number of carboxylic acid groups (broad SMARTS) is 2. The van der Waals surface area contributed by atoms with Gasteiger partial charge in [0.1, 0.15) is 132 Å². The number of aromatic amines is 4. The number of aryl methyl sites for hydroxylation is 2. The van der Waals surface area contributed by atoms with Crippen molar-refractivity contribution < 1.29 is 171 Å². The van der Waals surface area contributed by atoms with Gasteiger partial charge in [0.25, 0.3) is 22.9 Å². The van der Waals surface area contributed by atoms with Gasteiger partial charge >= 0.3 is 23.3 Å². The smallest absolute Gasteiger partial charge is 0.332 e. The Morgan fingerprint density at radius 3 is 1.16 bits per heavy atom. The molecule has 4 aliphatic carbocycles. The molecule has 8 fully saturated rings. The van der Waals surface area contributed by atoms with Crippen LogP contribution in [-0.2, 0) is 126 Å². The molecular formula is C92H142N16O39. The summed E-state index contributed by atoms with van der Waals surface area (Å²) in [5, 5.41) is 161. The highest BCUT2D eigenvalue weighted by molar-refractivity contribution is 5.93. The standard InChI is InChI=1S/C92H142N16O39/c1-45-71(117)75(121)77(123)89(138-45)146-79-53(95-83(125)55-37-67(115)101-91(131)97-55)33-49(57(111)15-9-19-93)35-59(79)142-87-69(81(73(119)63(41-109)144-87)140-61(85(127)128)31-47-11-5-3-6-12-47)99-65(113)17-21-107-39-51(103-105-107)43-136-29-27-134-25-23-133-24-26-135-28-30-137-44-52-40-108(106-104-52)22-18-66(114)100-70-82(141-62(86(129)130)32-48-13-7-4-8-14-48)74(120)64(42-110)145-88(70)143-60-36-50(58(112)16-10-20-94)34-54(96-84(126)56-38-68(116)102-92(132)98-56)80(60)147-90-78(124)76(122)72(118)46(2)139-90/h37-40,45-50,53-54,59-64,69-82,87-90,109-110,117-124H,3-36,41-44,93-94H2,1-2H3,(H,95,125)(H,96,126)(H,99,113)(H,100,114)(H,127,128)(H,129,130)(H2,97,101,115,131)(H2,98,102,116,132)/t45?,46?,49?,50?,53?,54?,59-,60-,61+,62+,63+,64+,69?,70?,71-,72-,73+,74+,75+,76+,77?,78?,79-,80-,81?,82?,87-,88-,89+,90+/m1/s1. The minimum absolute atomic E-state index is 0.00230. The number of Topliss-reactive ketones (excluding diaryl/α,β-unsaturated/α-hetero) is 2. The van der Waals surface area contributed by atoms with Crippen LogP contribution in [0.3, 0.4) is 0 Å². The van der Waals surface area contributed by atoms with E-state index in [0.29, 0.717) is 37.1 Å². The second-order valence-corrected chi connectivity index (χ2v) is 38.5. The van der Waals surface area contributed by atoms with Crippen LogP contribution in [0.2, 0.25) is 0 Å². The lowest BCUT2D eigenvalue weighted by Crippen LogP contribution is -2.68. The molecule has 4 saturated carbocycles. The van der Waals surface area contributed by atoms with Crippen molar-refractivity contribution in [2.24, 2.45) is 35.1 Å². The predicted octanol–water partition coefficient (Wildman–Crippen LogP) is -6.84. The summed E-state index contributed by atoms with van der Waals surface area (Å²) >= 11 is 0. The number of nitrogens with zero attached hydrogens (tertiary/aromatic N) is 6. The van der Waals surface area contributed by atoms with Gasteiger partial charge in [-0.15, -0.1) is 10.2 Å². The number of aliphatic carboxylic acids is 2. The summed E-state index contributed by atoms with van der Waals surface area (Å²) in [4.78, 5) is 170. The lowest BCUT2D eigenvalue weighted by Gasteiger charge is -2.49. The second-order valence-electron chi connectivity index (χ2n) is 38.5. The molecule has 0 spiro atoms. The molecule has 4 saturated heterocycles. The van der Waals surface area contributed by atoms with Gasteiger partial charge in [-0.1, -0.05) is 74.6 Å². The molecule has 4 aromatic heterocycles. The molecule has 55 heteroatoms. The fourth-order valence-electron chi connectivity index (χ4n) is 19.8. The summed E-state index contributed by atoms with van der Waals surface area (Å²) in [6.07, 6.45) is -30.4. The van der Waals surface area contributed by atoms with Crippen molar-refractivity contribution >= 4 is 47.1 Å².